The summed E-state index contributed by atoms with van der Waals surface area (Å²) in [4.78, 5) is 14.3. The molecule has 0 aromatic heterocycles. The average molecular weight is 350 g/mol. The molecular formula is C17H17BrFNO. The van der Waals surface area contributed by atoms with Crippen molar-refractivity contribution in [1.29, 1.82) is 0 Å². The topological polar surface area (TPSA) is 20.3 Å². The maximum Gasteiger partial charge on any atom is 0.254 e. The molecule has 4 heteroatoms. The number of aryl methyl sites for hydroxylation is 1. The summed E-state index contributed by atoms with van der Waals surface area (Å²) < 4.78 is 14.2. The van der Waals surface area contributed by atoms with Gasteiger partial charge in [-0.3, -0.25) is 4.79 Å². The van der Waals surface area contributed by atoms with E-state index in [2.05, 4.69) is 15.9 Å². The van der Waals surface area contributed by atoms with Gasteiger partial charge in [-0.05, 0) is 55.3 Å². The number of hydrogen-bond acceptors (Lipinski definition) is 1. The van der Waals surface area contributed by atoms with E-state index in [1.54, 1.807) is 11.0 Å². The molecule has 2 aromatic rings. The van der Waals surface area contributed by atoms with Gasteiger partial charge in [0.05, 0.1) is 0 Å². The molecule has 0 unspecified atom stereocenters. The van der Waals surface area contributed by atoms with Crippen LogP contribution in [0.3, 0.4) is 0 Å². The Morgan fingerprint density at radius 1 is 1.24 bits per heavy atom. The molecule has 1 amide bonds. The maximum atomic E-state index is 13.2. The van der Waals surface area contributed by atoms with E-state index < -0.39 is 0 Å². The Bertz CT molecular complexity index is 657. The lowest BCUT2D eigenvalue weighted by atomic mass is 10.1. The highest BCUT2D eigenvalue weighted by molar-refractivity contribution is 9.10. The lowest BCUT2D eigenvalue weighted by Crippen LogP contribution is -2.30. The van der Waals surface area contributed by atoms with Crippen molar-refractivity contribution >= 4 is 21.8 Å². The van der Waals surface area contributed by atoms with Gasteiger partial charge in [-0.2, -0.15) is 0 Å². The van der Waals surface area contributed by atoms with Crippen LogP contribution in [-0.4, -0.2) is 17.4 Å². The SMILES string of the molecule is CCN(Cc1cccc(F)c1)C(=O)c1ccc(Br)cc1C. The van der Waals surface area contributed by atoms with E-state index in [0.717, 1.165) is 15.6 Å². The third-order valence-electron chi connectivity index (χ3n) is 3.35. The van der Waals surface area contributed by atoms with Gasteiger partial charge in [0.15, 0.2) is 0 Å². The smallest absolute Gasteiger partial charge is 0.254 e. The van der Waals surface area contributed by atoms with Crippen molar-refractivity contribution in [2.45, 2.75) is 20.4 Å². The number of amides is 1. The van der Waals surface area contributed by atoms with Gasteiger partial charge in [0.2, 0.25) is 0 Å². The van der Waals surface area contributed by atoms with Gasteiger partial charge >= 0.3 is 0 Å². The minimum absolute atomic E-state index is 0.0354. The first-order chi connectivity index (χ1) is 10.0. The van der Waals surface area contributed by atoms with Gasteiger partial charge in [-0.25, -0.2) is 4.39 Å². The summed E-state index contributed by atoms with van der Waals surface area (Å²) in [6, 6.07) is 11.9. The quantitative estimate of drug-likeness (QED) is 0.792. The van der Waals surface area contributed by atoms with E-state index in [4.69, 9.17) is 0 Å². The molecule has 110 valence electrons. The van der Waals surface area contributed by atoms with Crippen molar-refractivity contribution in [3.05, 3.63) is 69.4 Å². The summed E-state index contributed by atoms with van der Waals surface area (Å²) in [5, 5.41) is 0. The molecular weight excluding hydrogens is 333 g/mol. The molecule has 2 rings (SSSR count). The molecule has 2 nitrogen and oxygen atoms in total. The summed E-state index contributed by atoms with van der Waals surface area (Å²) in [6.07, 6.45) is 0. The van der Waals surface area contributed by atoms with Gasteiger partial charge in [0, 0.05) is 23.1 Å². The van der Waals surface area contributed by atoms with Crippen LogP contribution in [-0.2, 0) is 6.54 Å². The van der Waals surface area contributed by atoms with Crippen LogP contribution in [0, 0.1) is 12.7 Å². The summed E-state index contributed by atoms with van der Waals surface area (Å²) in [5.41, 5.74) is 2.39. The van der Waals surface area contributed by atoms with Crippen molar-refractivity contribution < 1.29 is 9.18 Å². The van der Waals surface area contributed by atoms with Crippen LogP contribution in [0.1, 0.15) is 28.4 Å². The molecule has 0 atom stereocenters. The minimum atomic E-state index is -0.282. The zero-order valence-electron chi connectivity index (χ0n) is 12.1. The van der Waals surface area contributed by atoms with Crippen molar-refractivity contribution in [3.63, 3.8) is 0 Å². The van der Waals surface area contributed by atoms with Crippen molar-refractivity contribution in [2.24, 2.45) is 0 Å². The van der Waals surface area contributed by atoms with Crippen LogP contribution in [0.4, 0.5) is 4.39 Å². The number of carbonyl (C=O) groups is 1. The highest BCUT2D eigenvalue weighted by atomic mass is 79.9. The third kappa shape index (κ3) is 3.91. The zero-order valence-corrected chi connectivity index (χ0v) is 13.7. The molecule has 0 heterocycles. The predicted molar refractivity (Wildman–Crippen MR) is 85.7 cm³/mol. The first-order valence-corrected chi connectivity index (χ1v) is 7.60. The first-order valence-electron chi connectivity index (χ1n) is 6.81. The van der Waals surface area contributed by atoms with Gasteiger partial charge in [-0.15, -0.1) is 0 Å². The highest BCUT2D eigenvalue weighted by Gasteiger charge is 2.16. The number of benzene rings is 2. The fourth-order valence-electron chi connectivity index (χ4n) is 2.22. The first kappa shape index (κ1) is 15.7. The van der Waals surface area contributed by atoms with E-state index in [1.165, 1.54) is 12.1 Å². The predicted octanol–water partition coefficient (Wildman–Crippen LogP) is 4.56. The molecule has 0 radical (unpaired) electrons. The molecule has 0 N–H and O–H groups in total. The molecule has 0 saturated heterocycles. The van der Waals surface area contributed by atoms with E-state index in [9.17, 15) is 9.18 Å². The molecule has 0 fully saturated rings. The van der Waals surface area contributed by atoms with Crippen LogP contribution in [0.2, 0.25) is 0 Å². The summed E-state index contributed by atoms with van der Waals surface area (Å²) >= 11 is 3.39. The molecule has 21 heavy (non-hydrogen) atoms. The second kappa shape index (κ2) is 6.85. The largest absolute Gasteiger partial charge is 0.335 e. The fraction of sp³-hybridized carbons (Fsp3) is 0.235. The Morgan fingerprint density at radius 3 is 2.62 bits per heavy atom. The average Bonchev–Trinajstić information content (AvgIpc) is 2.44. The normalized spacial score (nSPS) is 10.5. The van der Waals surface area contributed by atoms with E-state index in [1.807, 2.05) is 38.1 Å². The lowest BCUT2D eigenvalue weighted by Gasteiger charge is -2.22. The Hall–Kier alpha value is -1.68. The molecule has 0 aliphatic carbocycles. The standard InChI is InChI=1S/C17H17BrFNO/c1-3-20(11-13-5-4-6-15(19)10-13)17(21)16-8-7-14(18)9-12(16)2/h4-10H,3,11H2,1-2H3. The number of rotatable bonds is 4. The number of halogens is 2. The van der Waals surface area contributed by atoms with Gasteiger partial charge in [0.1, 0.15) is 5.82 Å². The third-order valence-corrected chi connectivity index (χ3v) is 3.84. The molecule has 0 aliphatic heterocycles. The number of nitrogens with zero attached hydrogens (tertiary/aromatic N) is 1. The van der Waals surface area contributed by atoms with E-state index in [0.29, 0.717) is 18.7 Å². The van der Waals surface area contributed by atoms with Crippen molar-refractivity contribution in [3.8, 4) is 0 Å². The summed E-state index contributed by atoms with van der Waals surface area (Å²) in [7, 11) is 0. The second-order valence-corrected chi connectivity index (χ2v) is 5.82. The minimum Gasteiger partial charge on any atom is -0.335 e. The highest BCUT2D eigenvalue weighted by Crippen LogP contribution is 2.18. The van der Waals surface area contributed by atoms with Crippen molar-refractivity contribution in [1.82, 2.24) is 4.90 Å². The molecule has 0 aliphatic rings. The Kier molecular flexibility index (Phi) is 5.12. The van der Waals surface area contributed by atoms with Crippen molar-refractivity contribution in [2.75, 3.05) is 6.54 Å². The summed E-state index contributed by atoms with van der Waals surface area (Å²) in [6.45, 7) is 4.81. The molecule has 2 aromatic carbocycles. The van der Waals surface area contributed by atoms with Crippen LogP contribution in [0.5, 0.6) is 0 Å². The van der Waals surface area contributed by atoms with E-state index >= 15 is 0 Å². The monoisotopic (exact) mass is 349 g/mol. The number of carbonyl (C=O) groups excluding carboxylic acids is 1. The number of hydrogen-bond donors (Lipinski definition) is 0. The second-order valence-electron chi connectivity index (χ2n) is 4.91. The van der Waals surface area contributed by atoms with Gasteiger partial charge in [-0.1, -0.05) is 28.1 Å². The molecule has 0 bridgehead atoms. The van der Waals surface area contributed by atoms with Crippen LogP contribution < -0.4 is 0 Å². The molecule has 0 saturated carbocycles. The van der Waals surface area contributed by atoms with Crippen LogP contribution in [0.15, 0.2) is 46.9 Å². The summed E-state index contributed by atoms with van der Waals surface area (Å²) in [5.74, 6) is -0.317. The maximum absolute atomic E-state index is 13.2. The van der Waals surface area contributed by atoms with Crippen LogP contribution in [0.25, 0.3) is 0 Å². The Morgan fingerprint density at radius 2 is 2.00 bits per heavy atom. The molecule has 0 spiro atoms. The fourth-order valence-corrected chi connectivity index (χ4v) is 2.70. The van der Waals surface area contributed by atoms with Gasteiger partial charge < -0.3 is 4.90 Å². The Balaban J connectivity index is 2.22. The van der Waals surface area contributed by atoms with E-state index in [-0.39, 0.29) is 11.7 Å². The van der Waals surface area contributed by atoms with Gasteiger partial charge in [0.25, 0.3) is 5.91 Å². The zero-order chi connectivity index (χ0) is 15.4. The van der Waals surface area contributed by atoms with Crippen LogP contribution >= 0.6 is 15.9 Å². The lowest BCUT2D eigenvalue weighted by molar-refractivity contribution is 0.0751. The Labute approximate surface area is 132 Å².